The van der Waals surface area contributed by atoms with Crippen LogP contribution in [0.1, 0.15) is 50.6 Å². The highest BCUT2D eigenvalue weighted by Crippen LogP contribution is 2.42. The fraction of sp³-hybridized carbons (Fsp3) is 0.368. The molecule has 0 atom stereocenters. The van der Waals surface area contributed by atoms with Crippen LogP contribution in [0.15, 0.2) is 54.9 Å². The molecule has 2 saturated heterocycles. The second-order valence-electron chi connectivity index (χ2n) is 13.9. The number of benzene rings is 2. The molecule has 2 aromatic heterocycles. The van der Waals surface area contributed by atoms with Gasteiger partial charge in [0.05, 0.1) is 64.4 Å². The van der Waals surface area contributed by atoms with E-state index in [1.54, 1.807) is 43.7 Å². The number of likely N-dealkylation sites (tertiary alicyclic amines) is 2. The van der Waals surface area contributed by atoms with Gasteiger partial charge in [-0.25, -0.2) is 4.79 Å². The average Bonchev–Trinajstić information content (AvgIpc) is 3.08. The molecular formula is C38H40Cl2N6O5. The van der Waals surface area contributed by atoms with Crippen LogP contribution in [0.5, 0.6) is 17.2 Å². The third kappa shape index (κ3) is 8.25. The van der Waals surface area contributed by atoms with E-state index in [4.69, 9.17) is 47.1 Å². The number of ether oxygens (including phenoxy) is 4. The molecule has 0 radical (unpaired) electrons. The molecule has 51 heavy (non-hydrogen) atoms. The number of piperidine rings is 1. The Hall–Kier alpha value is -4.76. The van der Waals surface area contributed by atoms with E-state index in [0.29, 0.717) is 55.1 Å². The van der Waals surface area contributed by atoms with E-state index in [1.165, 1.54) is 13.3 Å². The van der Waals surface area contributed by atoms with Crippen LogP contribution in [0.4, 0.5) is 16.2 Å². The number of nitriles is 1. The number of nitrogens with zero attached hydrogens (tertiary/aromatic N) is 5. The molecule has 13 heteroatoms. The van der Waals surface area contributed by atoms with Gasteiger partial charge in [-0.05, 0) is 69.4 Å². The van der Waals surface area contributed by atoms with Gasteiger partial charge in [-0.1, -0.05) is 29.3 Å². The lowest BCUT2D eigenvalue weighted by molar-refractivity contribution is -0.0555. The van der Waals surface area contributed by atoms with Crippen LogP contribution in [0.25, 0.3) is 17.0 Å². The SMILES string of the molecule is COc1cc(Nc2c(C#N)cnc3cc(O/C=C/c4cccc(CN5CC6(CCN(C(=O)OC(C)(C)C)CC6)C5)n4)c(OC)cc23)c(Cl)cc1Cl. The smallest absolute Gasteiger partial charge is 0.410 e. The molecule has 2 aromatic carbocycles. The zero-order chi connectivity index (χ0) is 36.3. The fourth-order valence-electron chi connectivity index (χ4n) is 6.49. The van der Waals surface area contributed by atoms with Crippen LogP contribution >= 0.6 is 23.2 Å². The lowest BCUT2D eigenvalue weighted by Gasteiger charge is -2.54. The van der Waals surface area contributed by atoms with Gasteiger partial charge in [0.1, 0.15) is 17.4 Å². The molecule has 1 N–H and O–H groups in total. The summed E-state index contributed by atoms with van der Waals surface area (Å²) in [5.74, 6) is 1.32. The van der Waals surface area contributed by atoms with Gasteiger partial charge in [0.2, 0.25) is 0 Å². The van der Waals surface area contributed by atoms with Gasteiger partial charge in [0, 0.05) is 56.4 Å². The summed E-state index contributed by atoms with van der Waals surface area (Å²) in [4.78, 5) is 26.0. The molecule has 6 rings (SSSR count). The third-order valence-electron chi connectivity index (χ3n) is 9.02. The lowest BCUT2D eigenvalue weighted by Crippen LogP contribution is -2.60. The number of halogens is 2. The van der Waals surface area contributed by atoms with Gasteiger partial charge in [-0.3, -0.25) is 14.9 Å². The number of hydrogen-bond donors (Lipinski definition) is 1. The number of anilines is 2. The summed E-state index contributed by atoms with van der Waals surface area (Å²) in [6.07, 6.45) is 6.59. The molecular weight excluding hydrogens is 691 g/mol. The van der Waals surface area contributed by atoms with Crippen LogP contribution in [0, 0.1) is 16.7 Å². The molecule has 4 heterocycles. The van der Waals surface area contributed by atoms with Crippen LogP contribution in [-0.2, 0) is 11.3 Å². The predicted octanol–water partition coefficient (Wildman–Crippen LogP) is 8.45. The minimum atomic E-state index is -0.485. The first-order valence-corrected chi connectivity index (χ1v) is 17.4. The maximum atomic E-state index is 12.5. The van der Waals surface area contributed by atoms with Gasteiger partial charge in [-0.15, -0.1) is 0 Å². The van der Waals surface area contributed by atoms with Crippen molar-refractivity contribution in [2.75, 3.05) is 45.7 Å². The Bertz CT molecular complexity index is 2010. The lowest BCUT2D eigenvalue weighted by atomic mass is 9.72. The van der Waals surface area contributed by atoms with E-state index in [2.05, 4.69) is 21.3 Å². The second kappa shape index (κ2) is 14.8. The summed E-state index contributed by atoms with van der Waals surface area (Å²) in [5, 5.41) is 14.5. The standard InChI is InChI=1S/C38H40Cl2N6O5/c1-37(2,3)51-36(47)46-12-10-38(11-13-46)22-45(23-38)21-26-8-6-7-25(43-26)9-14-50-34-17-30-27(15-33(34)49-5)35(24(19-41)20-42-30)44-31-18-32(48-4)29(40)16-28(31)39/h6-9,14-18,20H,10-13,21-23H2,1-5H3,(H,42,44)/b14-9+. The van der Waals surface area contributed by atoms with Crippen molar-refractivity contribution in [1.82, 2.24) is 19.8 Å². The van der Waals surface area contributed by atoms with Crippen LogP contribution in [0.2, 0.25) is 10.0 Å². The number of carbonyl (C=O) groups is 1. The summed E-state index contributed by atoms with van der Waals surface area (Å²) in [6, 6.07) is 14.9. The van der Waals surface area contributed by atoms with Crippen molar-refractivity contribution in [3.63, 3.8) is 0 Å². The third-order valence-corrected chi connectivity index (χ3v) is 9.62. The molecule has 0 unspecified atom stereocenters. The molecule has 2 fully saturated rings. The Morgan fingerprint density at radius 2 is 1.78 bits per heavy atom. The molecule has 1 amide bonds. The van der Waals surface area contributed by atoms with E-state index in [9.17, 15) is 10.1 Å². The highest BCUT2D eigenvalue weighted by molar-refractivity contribution is 6.37. The normalized spacial score (nSPS) is 15.8. The van der Waals surface area contributed by atoms with Crippen molar-refractivity contribution in [2.24, 2.45) is 5.41 Å². The molecule has 0 aliphatic carbocycles. The number of rotatable bonds is 9. The molecule has 2 aliphatic rings. The van der Waals surface area contributed by atoms with Crippen molar-refractivity contribution in [3.05, 3.63) is 81.9 Å². The number of fused-ring (bicyclic) bond motifs is 1. The summed E-state index contributed by atoms with van der Waals surface area (Å²) in [5.41, 5.74) is 3.38. The number of pyridine rings is 2. The Morgan fingerprint density at radius 1 is 1.04 bits per heavy atom. The number of aromatic nitrogens is 2. The minimum Gasteiger partial charge on any atom is -0.495 e. The Labute approximate surface area is 307 Å². The molecule has 2 aliphatic heterocycles. The van der Waals surface area contributed by atoms with E-state index in [1.807, 2.05) is 43.9 Å². The topological polar surface area (TPSA) is 122 Å². The number of methoxy groups -OCH3 is 2. The molecule has 266 valence electrons. The molecule has 0 bridgehead atoms. The number of amides is 1. The zero-order valence-electron chi connectivity index (χ0n) is 29.3. The highest BCUT2D eigenvalue weighted by atomic mass is 35.5. The van der Waals surface area contributed by atoms with Gasteiger partial charge < -0.3 is 29.2 Å². The first-order chi connectivity index (χ1) is 24.4. The maximum absolute atomic E-state index is 12.5. The molecule has 1 spiro atoms. The Balaban J connectivity index is 1.10. The van der Waals surface area contributed by atoms with E-state index >= 15 is 0 Å². The predicted molar refractivity (Wildman–Crippen MR) is 198 cm³/mol. The monoisotopic (exact) mass is 730 g/mol. The van der Waals surface area contributed by atoms with E-state index in [-0.39, 0.29) is 11.5 Å². The van der Waals surface area contributed by atoms with Crippen molar-refractivity contribution in [1.29, 1.82) is 5.26 Å². The van der Waals surface area contributed by atoms with E-state index in [0.717, 1.165) is 57.0 Å². The Morgan fingerprint density at radius 3 is 2.47 bits per heavy atom. The fourth-order valence-corrected chi connectivity index (χ4v) is 7.00. The van der Waals surface area contributed by atoms with Gasteiger partial charge in [0.25, 0.3) is 0 Å². The number of nitrogens with one attached hydrogen (secondary N) is 1. The summed E-state index contributed by atoms with van der Waals surface area (Å²) < 4.78 is 22.6. The quantitative estimate of drug-likeness (QED) is 0.168. The van der Waals surface area contributed by atoms with Crippen molar-refractivity contribution >= 4 is 57.6 Å². The first-order valence-electron chi connectivity index (χ1n) is 16.6. The first kappa shape index (κ1) is 36.0. The van der Waals surface area contributed by atoms with Crippen LogP contribution in [0.3, 0.4) is 0 Å². The zero-order valence-corrected chi connectivity index (χ0v) is 30.8. The Kier molecular flexibility index (Phi) is 10.5. The number of carbonyl (C=O) groups excluding carboxylic acids is 1. The summed E-state index contributed by atoms with van der Waals surface area (Å²) in [6.45, 7) is 9.87. The molecule has 0 saturated carbocycles. The van der Waals surface area contributed by atoms with Crippen molar-refractivity contribution in [3.8, 4) is 23.3 Å². The number of hydrogen-bond acceptors (Lipinski definition) is 10. The van der Waals surface area contributed by atoms with E-state index < -0.39 is 5.60 Å². The minimum absolute atomic E-state index is 0.222. The van der Waals surface area contributed by atoms with Crippen LogP contribution in [-0.4, -0.2) is 71.9 Å². The molecule has 4 aromatic rings. The summed E-state index contributed by atoms with van der Waals surface area (Å²) >= 11 is 12.7. The largest absolute Gasteiger partial charge is 0.495 e. The van der Waals surface area contributed by atoms with Crippen LogP contribution < -0.4 is 19.5 Å². The second-order valence-corrected chi connectivity index (χ2v) is 14.7. The van der Waals surface area contributed by atoms with Gasteiger partial charge >= 0.3 is 6.09 Å². The van der Waals surface area contributed by atoms with Crippen molar-refractivity contribution in [2.45, 2.75) is 45.8 Å². The van der Waals surface area contributed by atoms with Crippen molar-refractivity contribution < 1.29 is 23.7 Å². The highest BCUT2D eigenvalue weighted by Gasteiger charge is 2.45. The maximum Gasteiger partial charge on any atom is 0.410 e. The molecule has 11 nitrogen and oxygen atoms in total. The van der Waals surface area contributed by atoms with Gasteiger partial charge in [0.15, 0.2) is 11.5 Å². The van der Waals surface area contributed by atoms with Gasteiger partial charge in [-0.2, -0.15) is 5.26 Å². The average molecular weight is 732 g/mol. The summed E-state index contributed by atoms with van der Waals surface area (Å²) in [7, 11) is 3.06.